The molecule has 0 aliphatic heterocycles. The van der Waals surface area contributed by atoms with E-state index >= 15 is 0 Å². The lowest BCUT2D eigenvalue weighted by Gasteiger charge is -2.05. The van der Waals surface area contributed by atoms with E-state index in [-0.39, 0.29) is 5.15 Å². The summed E-state index contributed by atoms with van der Waals surface area (Å²) in [6, 6.07) is 0. The largest absolute Gasteiger partial charge is 0.491 e. The van der Waals surface area contributed by atoms with Crippen molar-refractivity contribution in [2.24, 2.45) is 0 Å². The normalized spacial score (nSPS) is 10.6. The summed E-state index contributed by atoms with van der Waals surface area (Å²) in [5.74, 6) is 1.21. The zero-order chi connectivity index (χ0) is 12.4. The molecule has 0 aliphatic carbocycles. The average Bonchev–Trinajstić information content (AvgIpc) is 2.58. The molecule has 0 bridgehead atoms. The summed E-state index contributed by atoms with van der Waals surface area (Å²) < 4.78 is 10.6. The maximum Gasteiger partial charge on any atom is 0.262 e. The first-order valence-corrected chi connectivity index (χ1v) is 5.97. The molecular formula is C10H10ClN3O2S. The molecule has 2 rings (SSSR count). The molecule has 0 saturated carbocycles. The van der Waals surface area contributed by atoms with Gasteiger partial charge in [0.25, 0.3) is 5.22 Å². The molecule has 0 spiro atoms. The quantitative estimate of drug-likeness (QED) is 0.800. The average molecular weight is 272 g/mol. The van der Waals surface area contributed by atoms with Crippen LogP contribution in [0.15, 0.2) is 21.0 Å². The Morgan fingerprint density at radius 2 is 2.12 bits per heavy atom. The van der Waals surface area contributed by atoms with Crippen molar-refractivity contribution in [1.29, 1.82) is 0 Å². The van der Waals surface area contributed by atoms with Crippen LogP contribution in [0.25, 0.3) is 0 Å². The fourth-order valence-electron chi connectivity index (χ4n) is 1.15. The standard InChI is InChI=1S/C10H10ClN3O2S/c1-5-6(2)16-10(14-5)17-9-7(15-3)8(11)12-4-13-9/h4H,1-3H3. The van der Waals surface area contributed by atoms with E-state index in [1.807, 2.05) is 13.8 Å². The zero-order valence-corrected chi connectivity index (χ0v) is 11.1. The first kappa shape index (κ1) is 12.2. The smallest absolute Gasteiger partial charge is 0.262 e. The Morgan fingerprint density at radius 1 is 1.35 bits per heavy atom. The van der Waals surface area contributed by atoms with Gasteiger partial charge in [-0.25, -0.2) is 15.0 Å². The molecule has 17 heavy (non-hydrogen) atoms. The van der Waals surface area contributed by atoms with E-state index < -0.39 is 0 Å². The number of halogens is 1. The number of hydrogen-bond acceptors (Lipinski definition) is 6. The number of hydrogen-bond donors (Lipinski definition) is 0. The minimum absolute atomic E-state index is 0.269. The van der Waals surface area contributed by atoms with Gasteiger partial charge in [0.2, 0.25) is 0 Å². The summed E-state index contributed by atoms with van der Waals surface area (Å²) in [4.78, 5) is 12.2. The van der Waals surface area contributed by atoms with Crippen LogP contribution in [0.1, 0.15) is 11.5 Å². The van der Waals surface area contributed by atoms with Crippen LogP contribution < -0.4 is 4.74 Å². The zero-order valence-electron chi connectivity index (χ0n) is 9.52. The summed E-state index contributed by atoms with van der Waals surface area (Å²) in [5, 5.41) is 1.35. The van der Waals surface area contributed by atoms with Crippen molar-refractivity contribution in [3.05, 3.63) is 22.9 Å². The molecule has 2 aromatic heterocycles. The summed E-state index contributed by atoms with van der Waals surface area (Å²) in [5.41, 5.74) is 0.853. The van der Waals surface area contributed by atoms with Gasteiger partial charge in [0.05, 0.1) is 12.8 Å². The molecular weight excluding hydrogens is 262 g/mol. The van der Waals surface area contributed by atoms with Crippen molar-refractivity contribution >= 4 is 23.4 Å². The van der Waals surface area contributed by atoms with E-state index in [1.54, 1.807) is 0 Å². The Morgan fingerprint density at radius 3 is 2.71 bits per heavy atom. The molecule has 0 saturated heterocycles. The third-order valence-corrected chi connectivity index (χ3v) is 3.23. The maximum absolute atomic E-state index is 5.89. The van der Waals surface area contributed by atoms with Crippen molar-refractivity contribution < 1.29 is 9.15 Å². The first-order valence-electron chi connectivity index (χ1n) is 4.78. The highest BCUT2D eigenvalue weighted by atomic mass is 35.5. The predicted molar refractivity (Wildman–Crippen MR) is 63.7 cm³/mol. The monoisotopic (exact) mass is 271 g/mol. The van der Waals surface area contributed by atoms with Crippen molar-refractivity contribution in [1.82, 2.24) is 15.0 Å². The Kier molecular flexibility index (Phi) is 3.54. The van der Waals surface area contributed by atoms with E-state index in [0.717, 1.165) is 11.5 Å². The van der Waals surface area contributed by atoms with Gasteiger partial charge in [0, 0.05) is 0 Å². The highest BCUT2D eigenvalue weighted by Crippen LogP contribution is 2.36. The van der Waals surface area contributed by atoms with Gasteiger partial charge >= 0.3 is 0 Å². The van der Waals surface area contributed by atoms with E-state index in [2.05, 4.69) is 15.0 Å². The van der Waals surface area contributed by atoms with Gasteiger partial charge in [-0.15, -0.1) is 0 Å². The number of aryl methyl sites for hydroxylation is 2. The highest BCUT2D eigenvalue weighted by Gasteiger charge is 2.15. The molecule has 7 heteroatoms. The van der Waals surface area contributed by atoms with Crippen LogP contribution in [0.3, 0.4) is 0 Å². The van der Waals surface area contributed by atoms with Crippen LogP contribution in [0.4, 0.5) is 0 Å². The molecule has 0 atom stereocenters. The number of nitrogens with zero attached hydrogens (tertiary/aromatic N) is 3. The number of methoxy groups -OCH3 is 1. The van der Waals surface area contributed by atoms with Gasteiger partial charge in [-0.3, -0.25) is 0 Å². The first-order chi connectivity index (χ1) is 8.11. The molecule has 0 aliphatic rings. The molecule has 90 valence electrons. The van der Waals surface area contributed by atoms with E-state index in [9.17, 15) is 0 Å². The van der Waals surface area contributed by atoms with E-state index in [1.165, 1.54) is 25.2 Å². The third-order valence-electron chi connectivity index (χ3n) is 2.12. The summed E-state index contributed by atoms with van der Waals surface area (Å²) >= 11 is 7.14. The Hall–Kier alpha value is -1.27. The van der Waals surface area contributed by atoms with Gasteiger partial charge in [-0.1, -0.05) is 11.6 Å². The van der Waals surface area contributed by atoms with Crippen molar-refractivity contribution in [3.8, 4) is 5.75 Å². The maximum atomic E-state index is 5.89. The fraction of sp³-hybridized carbons (Fsp3) is 0.300. The molecule has 0 radical (unpaired) electrons. The number of ether oxygens (including phenoxy) is 1. The van der Waals surface area contributed by atoms with Crippen LogP contribution in [0, 0.1) is 13.8 Å². The highest BCUT2D eigenvalue weighted by molar-refractivity contribution is 7.99. The van der Waals surface area contributed by atoms with Gasteiger partial charge in [0.1, 0.15) is 12.1 Å². The third kappa shape index (κ3) is 2.53. The Labute approximate surface area is 108 Å². The van der Waals surface area contributed by atoms with Crippen molar-refractivity contribution in [3.63, 3.8) is 0 Å². The minimum Gasteiger partial charge on any atom is -0.491 e. The van der Waals surface area contributed by atoms with Crippen LogP contribution in [0.2, 0.25) is 5.15 Å². The topological polar surface area (TPSA) is 61.0 Å². The second kappa shape index (κ2) is 4.93. The molecule has 0 amide bonds. The van der Waals surface area contributed by atoms with Gasteiger partial charge in [-0.2, -0.15) is 0 Å². The van der Waals surface area contributed by atoms with E-state index in [0.29, 0.717) is 16.0 Å². The molecule has 5 nitrogen and oxygen atoms in total. The lowest BCUT2D eigenvalue weighted by Crippen LogP contribution is -1.92. The van der Waals surface area contributed by atoms with Gasteiger partial charge in [0.15, 0.2) is 15.9 Å². The SMILES string of the molecule is COc1c(Cl)ncnc1Sc1nc(C)c(C)o1. The second-order valence-electron chi connectivity index (χ2n) is 3.23. The van der Waals surface area contributed by atoms with Crippen LogP contribution in [-0.2, 0) is 0 Å². The minimum atomic E-state index is 0.269. The van der Waals surface area contributed by atoms with Crippen LogP contribution in [-0.4, -0.2) is 22.1 Å². The Bertz CT molecular complexity index is 525. The van der Waals surface area contributed by atoms with Crippen LogP contribution in [0.5, 0.6) is 5.75 Å². The summed E-state index contributed by atoms with van der Waals surface area (Å²) in [6.45, 7) is 3.74. The second-order valence-corrected chi connectivity index (χ2v) is 4.52. The summed E-state index contributed by atoms with van der Waals surface area (Å²) in [6.07, 6.45) is 1.37. The molecule has 2 heterocycles. The lowest BCUT2D eigenvalue weighted by molar-refractivity contribution is 0.396. The van der Waals surface area contributed by atoms with Crippen molar-refractivity contribution in [2.75, 3.05) is 7.11 Å². The van der Waals surface area contributed by atoms with Crippen LogP contribution >= 0.6 is 23.4 Å². The number of oxazole rings is 1. The number of rotatable bonds is 3. The number of aromatic nitrogens is 3. The Balaban J connectivity index is 2.32. The van der Waals surface area contributed by atoms with Gasteiger partial charge < -0.3 is 9.15 Å². The van der Waals surface area contributed by atoms with Crippen molar-refractivity contribution in [2.45, 2.75) is 24.1 Å². The molecule has 0 aromatic carbocycles. The van der Waals surface area contributed by atoms with Gasteiger partial charge in [-0.05, 0) is 25.6 Å². The predicted octanol–water partition coefficient (Wildman–Crippen LogP) is 2.89. The fourth-order valence-corrected chi connectivity index (χ4v) is 2.30. The lowest BCUT2D eigenvalue weighted by atomic mass is 10.4. The molecule has 0 N–H and O–H groups in total. The summed E-state index contributed by atoms with van der Waals surface area (Å²) in [7, 11) is 1.51. The van der Waals surface area contributed by atoms with E-state index in [4.69, 9.17) is 20.8 Å². The molecule has 0 unspecified atom stereocenters. The molecule has 0 fully saturated rings. The molecule has 2 aromatic rings.